The minimum absolute atomic E-state index is 0.132. The third-order valence-electron chi connectivity index (χ3n) is 3.82. The van der Waals surface area contributed by atoms with Gasteiger partial charge in [0.2, 0.25) is 0 Å². The Morgan fingerprint density at radius 1 is 1.22 bits per heavy atom. The maximum atomic E-state index is 11.3. The number of carboxylic acid groups (broad SMARTS) is 1. The highest BCUT2D eigenvalue weighted by molar-refractivity contribution is 5.92. The van der Waals surface area contributed by atoms with Gasteiger partial charge in [0.05, 0.1) is 26.4 Å². The second-order valence-electron chi connectivity index (χ2n) is 5.32. The van der Waals surface area contributed by atoms with Gasteiger partial charge in [-0.25, -0.2) is 9.78 Å². The third-order valence-corrected chi connectivity index (χ3v) is 3.82. The van der Waals surface area contributed by atoms with Gasteiger partial charge in [0.25, 0.3) is 0 Å². The van der Waals surface area contributed by atoms with E-state index in [4.69, 9.17) is 9.47 Å². The number of aromatic nitrogens is 1. The predicted molar refractivity (Wildman–Crippen MR) is 84.6 cm³/mol. The van der Waals surface area contributed by atoms with Gasteiger partial charge in [0, 0.05) is 6.20 Å². The molecule has 1 unspecified atom stereocenters. The first kappa shape index (κ1) is 15.5. The van der Waals surface area contributed by atoms with Crippen LogP contribution in [0.15, 0.2) is 48.7 Å². The summed E-state index contributed by atoms with van der Waals surface area (Å²) in [5.41, 5.74) is 0.458. The van der Waals surface area contributed by atoms with Gasteiger partial charge >= 0.3 is 5.97 Å². The lowest BCUT2D eigenvalue weighted by atomic mass is 9.93. The summed E-state index contributed by atoms with van der Waals surface area (Å²) in [5, 5.41) is 12.4. The summed E-state index contributed by atoms with van der Waals surface area (Å²) >= 11 is 0. The van der Waals surface area contributed by atoms with Crippen LogP contribution in [-0.4, -0.2) is 42.4 Å². The second kappa shape index (κ2) is 6.76. The molecule has 120 valence electrons. The van der Waals surface area contributed by atoms with Crippen LogP contribution < -0.4 is 5.32 Å². The van der Waals surface area contributed by atoms with Gasteiger partial charge in [0.15, 0.2) is 0 Å². The number of carbonyl (C=O) groups is 1. The Bertz CT molecular complexity index is 669. The molecule has 1 aromatic carbocycles. The monoisotopic (exact) mass is 314 g/mol. The highest BCUT2D eigenvalue weighted by Gasteiger charge is 2.36. The highest BCUT2D eigenvalue weighted by Crippen LogP contribution is 2.29. The number of benzene rings is 1. The van der Waals surface area contributed by atoms with Crippen LogP contribution in [0.5, 0.6) is 0 Å². The van der Waals surface area contributed by atoms with Crippen LogP contribution in [0.3, 0.4) is 0 Å². The second-order valence-corrected chi connectivity index (χ2v) is 5.32. The summed E-state index contributed by atoms with van der Waals surface area (Å²) in [7, 11) is 0. The molecule has 0 bridgehead atoms. The Morgan fingerprint density at radius 3 is 2.74 bits per heavy atom. The molecule has 0 amide bonds. The summed E-state index contributed by atoms with van der Waals surface area (Å²) in [6.07, 6.45) is 1.56. The van der Waals surface area contributed by atoms with Crippen molar-refractivity contribution >= 4 is 11.8 Å². The zero-order chi connectivity index (χ0) is 16.1. The molecule has 1 aliphatic rings. The standard InChI is InChI=1S/C17H18N2O4/c20-16(21)14-7-4-8-18-15(14)19-11-17(12-22-9-10-23-17)13-5-2-1-3-6-13/h1-8H,9-12H2,(H,18,19)(H,20,21). The normalized spacial score (nSPS) is 20.9. The van der Waals surface area contributed by atoms with Gasteiger partial charge in [0.1, 0.15) is 17.0 Å². The lowest BCUT2D eigenvalue weighted by molar-refractivity contribution is -0.155. The van der Waals surface area contributed by atoms with Crippen molar-refractivity contribution in [2.45, 2.75) is 5.60 Å². The molecule has 0 spiro atoms. The molecule has 3 rings (SSSR count). The van der Waals surface area contributed by atoms with Crippen LogP contribution >= 0.6 is 0 Å². The number of rotatable bonds is 5. The first-order valence-corrected chi connectivity index (χ1v) is 7.41. The van der Waals surface area contributed by atoms with Gasteiger partial charge in [-0.15, -0.1) is 0 Å². The number of aromatic carboxylic acids is 1. The predicted octanol–water partition coefficient (Wildman–Crippen LogP) is 2.13. The lowest BCUT2D eigenvalue weighted by Gasteiger charge is -2.37. The number of carboxylic acids is 1. The van der Waals surface area contributed by atoms with Crippen LogP contribution in [0, 0.1) is 0 Å². The fourth-order valence-electron chi connectivity index (χ4n) is 2.63. The Labute approximate surface area is 134 Å². The average molecular weight is 314 g/mol. The van der Waals surface area contributed by atoms with Crippen molar-refractivity contribution in [3.05, 3.63) is 59.8 Å². The first-order valence-electron chi connectivity index (χ1n) is 7.41. The third kappa shape index (κ3) is 3.33. The molecule has 6 nitrogen and oxygen atoms in total. The molecule has 0 saturated carbocycles. The SMILES string of the molecule is O=C(O)c1cccnc1NCC1(c2ccccc2)COCCO1. The van der Waals surface area contributed by atoms with E-state index >= 15 is 0 Å². The fourth-order valence-corrected chi connectivity index (χ4v) is 2.63. The molecule has 2 heterocycles. The molecular formula is C17H18N2O4. The number of ether oxygens (including phenoxy) is 2. The van der Waals surface area contributed by atoms with Crippen molar-refractivity contribution in [1.82, 2.24) is 4.98 Å². The van der Waals surface area contributed by atoms with E-state index in [0.29, 0.717) is 32.2 Å². The van der Waals surface area contributed by atoms with Crippen molar-refractivity contribution in [2.24, 2.45) is 0 Å². The van der Waals surface area contributed by atoms with E-state index in [1.807, 2.05) is 30.3 Å². The Balaban J connectivity index is 1.85. The zero-order valence-electron chi connectivity index (χ0n) is 12.6. The number of hydrogen-bond donors (Lipinski definition) is 2. The maximum Gasteiger partial charge on any atom is 0.339 e. The van der Waals surface area contributed by atoms with E-state index < -0.39 is 11.6 Å². The van der Waals surface area contributed by atoms with Crippen LogP contribution in [0.1, 0.15) is 15.9 Å². The maximum absolute atomic E-state index is 11.3. The van der Waals surface area contributed by atoms with Gasteiger partial charge in [-0.05, 0) is 17.7 Å². The molecule has 0 aliphatic carbocycles. The van der Waals surface area contributed by atoms with Crippen molar-refractivity contribution in [3.8, 4) is 0 Å². The first-order chi connectivity index (χ1) is 11.2. The van der Waals surface area contributed by atoms with Crippen LogP contribution in [-0.2, 0) is 15.1 Å². The molecule has 0 radical (unpaired) electrons. The molecule has 1 aromatic heterocycles. The Hall–Kier alpha value is -2.44. The molecule has 2 aromatic rings. The summed E-state index contributed by atoms with van der Waals surface area (Å²) in [6, 6.07) is 12.9. The van der Waals surface area contributed by atoms with E-state index in [9.17, 15) is 9.90 Å². The van der Waals surface area contributed by atoms with E-state index in [1.165, 1.54) is 6.07 Å². The number of anilines is 1. The van der Waals surface area contributed by atoms with Crippen molar-refractivity contribution in [1.29, 1.82) is 0 Å². The van der Waals surface area contributed by atoms with Gasteiger partial charge in [-0.1, -0.05) is 30.3 Å². The van der Waals surface area contributed by atoms with E-state index in [-0.39, 0.29) is 5.56 Å². The zero-order valence-corrected chi connectivity index (χ0v) is 12.6. The number of nitrogens with one attached hydrogen (secondary N) is 1. The molecule has 1 fully saturated rings. The summed E-state index contributed by atoms with van der Waals surface area (Å²) in [4.78, 5) is 15.4. The van der Waals surface area contributed by atoms with Crippen molar-refractivity contribution < 1.29 is 19.4 Å². The molecular weight excluding hydrogens is 296 g/mol. The van der Waals surface area contributed by atoms with Crippen molar-refractivity contribution in [3.63, 3.8) is 0 Å². The Kier molecular flexibility index (Phi) is 4.55. The van der Waals surface area contributed by atoms with Gasteiger partial charge in [-0.2, -0.15) is 0 Å². The molecule has 1 aliphatic heterocycles. The summed E-state index contributed by atoms with van der Waals surface area (Å²) in [6.45, 7) is 1.82. The topological polar surface area (TPSA) is 80.7 Å². The highest BCUT2D eigenvalue weighted by atomic mass is 16.6. The summed E-state index contributed by atoms with van der Waals surface area (Å²) in [5.74, 6) is -0.695. The van der Waals surface area contributed by atoms with E-state index in [0.717, 1.165) is 5.56 Å². The van der Waals surface area contributed by atoms with Crippen molar-refractivity contribution in [2.75, 3.05) is 31.7 Å². The number of hydrogen-bond acceptors (Lipinski definition) is 5. The van der Waals surface area contributed by atoms with E-state index in [1.54, 1.807) is 12.3 Å². The quantitative estimate of drug-likeness (QED) is 0.880. The Morgan fingerprint density at radius 2 is 2.04 bits per heavy atom. The van der Waals surface area contributed by atoms with Crippen LogP contribution in [0.2, 0.25) is 0 Å². The minimum Gasteiger partial charge on any atom is -0.478 e. The summed E-state index contributed by atoms with van der Waals surface area (Å²) < 4.78 is 11.6. The molecule has 23 heavy (non-hydrogen) atoms. The molecule has 1 saturated heterocycles. The largest absolute Gasteiger partial charge is 0.478 e. The van der Waals surface area contributed by atoms with Crippen LogP contribution in [0.4, 0.5) is 5.82 Å². The van der Waals surface area contributed by atoms with Gasteiger partial charge < -0.3 is 19.9 Å². The number of pyridine rings is 1. The van der Waals surface area contributed by atoms with Crippen LogP contribution in [0.25, 0.3) is 0 Å². The average Bonchev–Trinajstić information content (AvgIpc) is 2.62. The fraction of sp³-hybridized carbons (Fsp3) is 0.294. The number of nitrogens with zero attached hydrogens (tertiary/aromatic N) is 1. The van der Waals surface area contributed by atoms with E-state index in [2.05, 4.69) is 10.3 Å². The smallest absolute Gasteiger partial charge is 0.339 e. The van der Waals surface area contributed by atoms with Gasteiger partial charge in [-0.3, -0.25) is 0 Å². The molecule has 1 atom stereocenters. The lowest BCUT2D eigenvalue weighted by Crippen LogP contribution is -2.46. The molecule has 2 N–H and O–H groups in total. The minimum atomic E-state index is -1.02. The molecule has 6 heteroatoms.